The smallest absolute Gasteiger partial charge is 0.222 e. The summed E-state index contributed by atoms with van der Waals surface area (Å²) in [5.74, 6) is 0.686. The summed E-state index contributed by atoms with van der Waals surface area (Å²) in [5.41, 5.74) is 5.00. The minimum Gasteiger partial charge on any atom is -0.358 e. The molecule has 2 N–H and O–H groups in total. The third-order valence-corrected chi connectivity index (χ3v) is 4.78. The largest absolute Gasteiger partial charge is 0.358 e. The SMILES string of the molecule is CC(C)Nc1ncc(CN2CCc3[nH]c4ccc(Cl)cc4c3C2)cn1. The number of hydrogen-bond acceptors (Lipinski definition) is 4. The molecule has 0 unspecified atom stereocenters. The molecule has 1 aliphatic rings. The molecule has 0 bridgehead atoms. The number of rotatable bonds is 4. The Morgan fingerprint density at radius 2 is 2.08 bits per heavy atom. The molecule has 3 aromatic rings. The van der Waals surface area contributed by atoms with E-state index in [1.165, 1.54) is 22.2 Å². The van der Waals surface area contributed by atoms with E-state index >= 15 is 0 Å². The molecule has 3 heterocycles. The lowest BCUT2D eigenvalue weighted by molar-refractivity contribution is 0.245. The molecule has 130 valence electrons. The Balaban J connectivity index is 1.50. The van der Waals surface area contributed by atoms with Crippen LogP contribution in [0.1, 0.15) is 30.7 Å². The third-order valence-electron chi connectivity index (χ3n) is 4.55. The van der Waals surface area contributed by atoms with Crippen LogP contribution in [0.25, 0.3) is 10.9 Å². The summed E-state index contributed by atoms with van der Waals surface area (Å²) < 4.78 is 0. The van der Waals surface area contributed by atoms with Crippen LogP contribution >= 0.6 is 11.6 Å². The van der Waals surface area contributed by atoms with E-state index < -0.39 is 0 Å². The standard InChI is InChI=1S/C19H22ClN5/c1-12(2)23-19-21-8-13(9-22-19)10-25-6-5-18-16(11-25)15-7-14(20)3-4-17(15)24-18/h3-4,7-9,12,24H,5-6,10-11H2,1-2H3,(H,21,22,23). The second kappa shape index (κ2) is 6.65. The van der Waals surface area contributed by atoms with E-state index in [1.807, 2.05) is 18.5 Å². The van der Waals surface area contributed by atoms with Crippen molar-refractivity contribution in [2.24, 2.45) is 0 Å². The van der Waals surface area contributed by atoms with Crippen molar-refractivity contribution in [2.75, 3.05) is 11.9 Å². The average molecular weight is 356 g/mol. The summed E-state index contributed by atoms with van der Waals surface area (Å²) in [4.78, 5) is 14.8. The van der Waals surface area contributed by atoms with Crippen molar-refractivity contribution in [1.82, 2.24) is 19.9 Å². The number of benzene rings is 1. The Kier molecular flexibility index (Phi) is 4.36. The highest BCUT2D eigenvalue weighted by atomic mass is 35.5. The molecule has 0 saturated heterocycles. The van der Waals surface area contributed by atoms with E-state index in [0.29, 0.717) is 12.0 Å². The predicted octanol–water partition coefficient (Wildman–Crippen LogP) is 3.99. The van der Waals surface area contributed by atoms with Crippen molar-refractivity contribution in [2.45, 2.75) is 39.4 Å². The first-order valence-corrected chi connectivity index (χ1v) is 9.05. The van der Waals surface area contributed by atoms with Gasteiger partial charge in [0.15, 0.2) is 0 Å². The summed E-state index contributed by atoms with van der Waals surface area (Å²) in [6.45, 7) is 6.96. The Morgan fingerprint density at radius 1 is 1.28 bits per heavy atom. The second-order valence-electron chi connectivity index (χ2n) is 6.95. The molecule has 1 aromatic carbocycles. The molecule has 0 aliphatic carbocycles. The Bertz CT molecular complexity index is 885. The fourth-order valence-corrected chi connectivity index (χ4v) is 3.58. The lowest BCUT2D eigenvalue weighted by Gasteiger charge is -2.27. The molecule has 0 atom stereocenters. The van der Waals surface area contributed by atoms with Crippen molar-refractivity contribution in [3.63, 3.8) is 0 Å². The average Bonchev–Trinajstić information content (AvgIpc) is 2.94. The van der Waals surface area contributed by atoms with Crippen LogP contribution in [0.2, 0.25) is 5.02 Å². The van der Waals surface area contributed by atoms with E-state index in [1.54, 1.807) is 0 Å². The molecule has 25 heavy (non-hydrogen) atoms. The van der Waals surface area contributed by atoms with Crippen LogP contribution in [0.4, 0.5) is 5.95 Å². The molecule has 0 saturated carbocycles. The maximum atomic E-state index is 6.19. The summed E-state index contributed by atoms with van der Waals surface area (Å²) >= 11 is 6.19. The first-order chi connectivity index (χ1) is 12.1. The zero-order valence-corrected chi connectivity index (χ0v) is 15.3. The van der Waals surface area contributed by atoms with Gasteiger partial charge >= 0.3 is 0 Å². The maximum Gasteiger partial charge on any atom is 0.222 e. The van der Waals surface area contributed by atoms with Crippen LogP contribution in [-0.4, -0.2) is 32.4 Å². The van der Waals surface area contributed by atoms with Gasteiger partial charge in [-0.25, -0.2) is 9.97 Å². The van der Waals surface area contributed by atoms with Crippen LogP contribution in [-0.2, 0) is 19.5 Å². The van der Waals surface area contributed by atoms with Gasteiger partial charge in [0.2, 0.25) is 5.95 Å². The fraction of sp³-hybridized carbons (Fsp3) is 0.368. The summed E-state index contributed by atoms with van der Waals surface area (Å²) in [6, 6.07) is 6.40. The minimum absolute atomic E-state index is 0.333. The number of aromatic amines is 1. The summed E-state index contributed by atoms with van der Waals surface area (Å²) in [7, 11) is 0. The van der Waals surface area contributed by atoms with Gasteiger partial charge in [-0.15, -0.1) is 0 Å². The zero-order chi connectivity index (χ0) is 17.4. The van der Waals surface area contributed by atoms with Crippen molar-refractivity contribution >= 4 is 28.5 Å². The van der Waals surface area contributed by atoms with Crippen molar-refractivity contribution in [3.8, 4) is 0 Å². The molecule has 1 aliphatic heterocycles. The van der Waals surface area contributed by atoms with Gasteiger partial charge < -0.3 is 10.3 Å². The summed E-state index contributed by atoms with van der Waals surface area (Å²) in [5, 5.41) is 5.24. The van der Waals surface area contributed by atoms with Crippen molar-refractivity contribution in [1.29, 1.82) is 0 Å². The number of aromatic nitrogens is 3. The van der Waals surface area contributed by atoms with E-state index in [2.05, 4.69) is 51.1 Å². The Labute approximate surface area is 152 Å². The fourth-order valence-electron chi connectivity index (χ4n) is 3.40. The predicted molar refractivity (Wildman–Crippen MR) is 102 cm³/mol. The topological polar surface area (TPSA) is 56.8 Å². The van der Waals surface area contributed by atoms with Crippen LogP contribution in [0.5, 0.6) is 0 Å². The molecule has 0 spiro atoms. The maximum absolute atomic E-state index is 6.19. The number of hydrogen-bond donors (Lipinski definition) is 2. The minimum atomic E-state index is 0.333. The highest BCUT2D eigenvalue weighted by Crippen LogP contribution is 2.30. The molecule has 6 heteroatoms. The molecule has 4 rings (SSSR count). The van der Waals surface area contributed by atoms with Gasteiger partial charge in [0.05, 0.1) is 0 Å². The highest BCUT2D eigenvalue weighted by Gasteiger charge is 2.21. The van der Waals surface area contributed by atoms with Gasteiger partial charge in [-0.05, 0) is 37.6 Å². The van der Waals surface area contributed by atoms with Gasteiger partial charge in [-0.1, -0.05) is 11.6 Å². The molecule has 0 radical (unpaired) electrons. The number of nitrogens with one attached hydrogen (secondary N) is 2. The molecular formula is C19H22ClN5. The van der Waals surface area contributed by atoms with E-state index in [9.17, 15) is 0 Å². The quantitative estimate of drug-likeness (QED) is 0.743. The molecular weight excluding hydrogens is 334 g/mol. The molecule has 5 nitrogen and oxygen atoms in total. The normalized spacial score (nSPS) is 14.9. The lowest BCUT2D eigenvalue weighted by Crippen LogP contribution is -2.29. The van der Waals surface area contributed by atoms with Gasteiger partial charge in [0.25, 0.3) is 0 Å². The third kappa shape index (κ3) is 3.48. The van der Waals surface area contributed by atoms with E-state index in [-0.39, 0.29) is 0 Å². The summed E-state index contributed by atoms with van der Waals surface area (Å²) in [6.07, 6.45) is 4.86. The monoisotopic (exact) mass is 355 g/mol. The van der Waals surface area contributed by atoms with Crippen LogP contribution in [0, 0.1) is 0 Å². The molecule has 2 aromatic heterocycles. The number of halogens is 1. The van der Waals surface area contributed by atoms with Gasteiger partial charge in [0.1, 0.15) is 0 Å². The highest BCUT2D eigenvalue weighted by molar-refractivity contribution is 6.31. The Morgan fingerprint density at radius 3 is 2.84 bits per heavy atom. The molecule has 0 fully saturated rings. The number of H-pyrrole nitrogens is 1. The zero-order valence-electron chi connectivity index (χ0n) is 14.5. The van der Waals surface area contributed by atoms with E-state index in [4.69, 9.17) is 11.6 Å². The van der Waals surface area contributed by atoms with Crippen LogP contribution < -0.4 is 5.32 Å². The number of fused-ring (bicyclic) bond motifs is 3. The Hall–Kier alpha value is -2.11. The first-order valence-electron chi connectivity index (χ1n) is 8.67. The van der Waals surface area contributed by atoms with E-state index in [0.717, 1.165) is 36.6 Å². The van der Waals surface area contributed by atoms with Crippen molar-refractivity contribution in [3.05, 3.63) is 52.4 Å². The van der Waals surface area contributed by atoms with Crippen molar-refractivity contribution < 1.29 is 0 Å². The van der Waals surface area contributed by atoms with Gasteiger partial charge in [-0.2, -0.15) is 0 Å². The van der Waals surface area contributed by atoms with Gasteiger partial charge in [-0.3, -0.25) is 4.90 Å². The first kappa shape index (κ1) is 16.4. The number of anilines is 1. The van der Waals surface area contributed by atoms with Crippen LogP contribution in [0.3, 0.4) is 0 Å². The molecule has 0 amide bonds. The lowest BCUT2D eigenvalue weighted by atomic mass is 10.0. The van der Waals surface area contributed by atoms with Crippen LogP contribution in [0.15, 0.2) is 30.6 Å². The number of nitrogens with zero attached hydrogens (tertiary/aromatic N) is 3. The van der Waals surface area contributed by atoms with Gasteiger partial charge in [0, 0.05) is 71.7 Å². The second-order valence-corrected chi connectivity index (χ2v) is 7.38.